The van der Waals surface area contributed by atoms with Crippen molar-refractivity contribution >= 4 is 28.9 Å². The second kappa shape index (κ2) is 10.0. The highest BCUT2D eigenvalue weighted by molar-refractivity contribution is 7.09. The third-order valence-electron chi connectivity index (χ3n) is 5.01. The fourth-order valence-electron chi connectivity index (χ4n) is 3.37. The van der Waals surface area contributed by atoms with Crippen molar-refractivity contribution in [2.24, 2.45) is 0 Å². The number of thiazole rings is 1. The van der Waals surface area contributed by atoms with Crippen LogP contribution in [0.15, 0.2) is 90.3 Å². The van der Waals surface area contributed by atoms with E-state index in [1.807, 2.05) is 73.7 Å². The number of nitrogens with one attached hydrogen (secondary N) is 1. The molecule has 0 unspecified atom stereocenters. The lowest BCUT2D eigenvalue weighted by molar-refractivity contribution is -0.115. The van der Waals surface area contributed by atoms with Gasteiger partial charge < -0.3 is 5.32 Å². The number of nitrogens with zero attached hydrogens (tertiary/aromatic N) is 1. The van der Waals surface area contributed by atoms with E-state index in [0.29, 0.717) is 12.1 Å². The first-order chi connectivity index (χ1) is 15.2. The zero-order chi connectivity index (χ0) is 21.5. The van der Waals surface area contributed by atoms with Gasteiger partial charge in [0.2, 0.25) is 0 Å². The monoisotopic (exact) mass is 424 g/mol. The number of carbonyl (C=O) groups is 1. The van der Waals surface area contributed by atoms with Crippen LogP contribution in [-0.2, 0) is 11.2 Å². The minimum absolute atomic E-state index is 0.0652. The number of carbonyl (C=O) groups excluding carboxylic acids is 1. The molecule has 1 heterocycles. The van der Waals surface area contributed by atoms with Gasteiger partial charge in [-0.05, 0) is 36.1 Å². The molecule has 0 fully saturated rings. The predicted molar refractivity (Wildman–Crippen MR) is 130 cm³/mol. The standard InChI is InChI=1S/C27H24N2OS/c1-20-29-26(19-31-20)24-14-12-21(13-15-24)16-17-28-27(30)25(23-10-6-3-7-11-23)18-22-8-4-2-5-9-22/h2-15,18-19H,16-17H2,1H3,(H,28,30)/b25-18-. The van der Waals surface area contributed by atoms with Crippen molar-refractivity contribution in [2.45, 2.75) is 13.3 Å². The van der Waals surface area contributed by atoms with Crippen molar-refractivity contribution in [3.05, 3.63) is 112 Å². The molecule has 4 rings (SSSR count). The quantitative estimate of drug-likeness (QED) is 0.291. The maximum atomic E-state index is 13.0. The molecule has 31 heavy (non-hydrogen) atoms. The summed E-state index contributed by atoms with van der Waals surface area (Å²) in [7, 11) is 0. The van der Waals surface area contributed by atoms with Crippen LogP contribution in [0, 0.1) is 6.92 Å². The first-order valence-electron chi connectivity index (χ1n) is 10.3. The van der Waals surface area contributed by atoms with Gasteiger partial charge in [0.15, 0.2) is 0 Å². The van der Waals surface area contributed by atoms with Crippen LogP contribution < -0.4 is 5.32 Å². The molecule has 1 N–H and O–H groups in total. The Morgan fingerprint density at radius 3 is 2.26 bits per heavy atom. The summed E-state index contributed by atoms with van der Waals surface area (Å²) in [4.78, 5) is 17.5. The Bertz CT molecular complexity index is 1160. The van der Waals surface area contributed by atoms with Crippen LogP contribution in [0.25, 0.3) is 22.9 Å². The van der Waals surface area contributed by atoms with Crippen LogP contribution in [0.1, 0.15) is 21.7 Å². The lowest BCUT2D eigenvalue weighted by Crippen LogP contribution is -2.26. The van der Waals surface area contributed by atoms with E-state index in [1.165, 1.54) is 5.56 Å². The van der Waals surface area contributed by atoms with E-state index >= 15 is 0 Å². The number of benzene rings is 3. The highest BCUT2D eigenvalue weighted by atomic mass is 32.1. The van der Waals surface area contributed by atoms with Gasteiger partial charge in [0.05, 0.1) is 10.7 Å². The lowest BCUT2D eigenvalue weighted by atomic mass is 10.0. The van der Waals surface area contributed by atoms with E-state index in [2.05, 4.69) is 39.9 Å². The molecule has 1 aromatic heterocycles. The van der Waals surface area contributed by atoms with Gasteiger partial charge in [-0.2, -0.15) is 0 Å². The topological polar surface area (TPSA) is 42.0 Å². The molecule has 0 saturated carbocycles. The van der Waals surface area contributed by atoms with Gasteiger partial charge in [0.1, 0.15) is 0 Å². The number of aryl methyl sites for hydroxylation is 1. The molecule has 0 spiro atoms. The molecular formula is C27H24N2OS. The number of hydrogen-bond acceptors (Lipinski definition) is 3. The summed E-state index contributed by atoms with van der Waals surface area (Å²) in [6.45, 7) is 2.59. The average Bonchev–Trinajstić information content (AvgIpc) is 3.25. The zero-order valence-corrected chi connectivity index (χ0v) is 18.2. The summed E-state index contributed by atoms with van der Waals surface area (Å²) >= 11 is 1.66. The molecule has 4 heteroatoms. The van der Waals surface area contributed by atoms with Crippen LogP contribution in [0.4, 0.5) is 0 Å². The van der Waals surface area contributed by atoms with Crippen LogP contribution in [0.2, 0.25) is 0 Å². The van der Waals surface area contributed by atoms with E-state index < -0.39 is 0 Å². The molecule has 0 aliphatic heterocycles. The van der Waals surface area contributed by atoms with Crippen molar-refractivity contribution in [1.82, 2.24) is 10.3 Å². The van der Waals surface area contributed by atoms with Gasteiger partial charge >= 0.3 is 0 Å². The van der Waals surface area contributed by atoms with E-state index in [0.717, 1.165) is 33.8 Å². The normalized spacial score (nSPS) is 11.3. The van der Waals surface area contributed by atoms with Crippen molar-refractivity contribution in [2.75, 3.05) is 6.54 Å². The maximum Gasteiger partial charge on any atom is 0.251 e. The molecule has 3 aromatic carbocycles. The molecule has 0 aliphatic carbocycles. The third kappa shape index (κ3) is 5.56. The second-order valence-electron chi connectivity index (χ2n) is 7.29. The first kappa shape index (κ1) is 20.8. The van der Waals surface area contributed by atoms with Gasteiger partial charge in [-0.3, -0.25) is 4.79 Å². The second-order valence-corrected chi connectivity index (χ2v) is 8.35. The number of hydrogen-bond donors (Lipinski definition) is 1. The molecule has 3 nitrogen and oxygen atoms in total. The molecule has 0 aliphatic rings. The van der Waals surface area contributed by atoms with Crippen LogP contribution in [-0.4, -0.2) is 17.4 Å². The SMILES string of the molecule is Cc1nc(-c2ccc(CCNC(=O)/C(=C\c3ccccc3)c3ccccc3)cc2)cs1. The summed E-state index contributed by atoms with van der Waals surface area (Å²) in [5.74, 6) is -0.0652. The molecule has 0 bridgehead atoms. The largest absolute Gasteiger partial charge is 0.352 e. The Morgan fingerprint density at radius 1 is 0.935 bits per heavy atom. The van der Waals surface area contributed by atoms with E-state index in [9.17, 15) is 4.79 Å². The number of amides is 1. The minimum Gasteiger partial charge on any atom is -0.352 e. The van der Waals surface area contributed by atoms with Crippen molar-refractivity contribution < 1.29 is 4.79 Å². The van der Waals surface area contributed by atoms with E-state index in [4.69, 9.17) is 0 Å². The van der Waals surface area contributed by atoms with Gasteiger partial charge in [-0.25, -0.2) is 4.98 Å². The summed E-state index contributed by atoms with van der Waals surface area (Å²) in [6.07, 6.45) is 2.71. The zero-order valence-electron chi connectivity index (χ0n) is 17.4. The molecule has 0 atom stereocenters. The molecule has 154 valence electrons. The molecule has 0 radical (unpaired) electrons. The van der Waals surface area contributed by atoms with Gasteiger partial charge in [0, 0.05) is 23.1 Å². The Labute approximate surface area is 187 Å². The third-order valence-corrected chi connectivity index (χ3v) is 5.78. The van der Waals surface area contributed by atoms with Crippen molar-refractivity contribution in [3.63, 3.8) is 0 Å². The molecular weight excluding hydrogens is 400 g/mol. The van der Waals surface area contributed by atoms with Crippen molar-refractivity contribution in [3.8, 4) is 11.3 Å². The Morgan fingerprint density at radius 2 is 1.61 bits per heavy atom. The first-order valence-corrected chi connectivity index (χ1v) is 11.2. The van der Waals surface area contributed by atoms with Crippen LogP contribution >= 0.6 is 11.3 Å². The molecule has 4 aromatic rings. The highest BCUT2D eigenvalue weighted by Crippen LogP contribution is 2.22. The minimum atomic E-state index is -0.0652. The van der Waals surface area contributed by atoms with Gasteiger partial charge in [0.25, 0.3) is 5.91 Å². The van der Waals surface area contributed by atoms with Gasteiger partial charge in [-0.15, -0.1) is 11.3 Å². The van der Waals surface area contributed by atoms with Crippen molar-refractivity contribution in [1.29, 1.82) is 0 Å². The average molecular weight is 425 g/mol. The number of rotatable bonds is 7. The molecule has 1 amide bonds. The Balaban J connectivity index is 1.42. The predicted octanol–water partition coefficient (Wildman–Crippen LogP) is 6.02. The van der Waals surface area contributed by atoms with Crippen LogP contribution in [0.3, 0.4) is 0 Å². The lowest BCUT2D eigenvalue weighted by Gasteiger charge is -2.10. The summed E-state index contributed by atoms with van der Waals surface area (Å²) in [6, 6.07) is 28.1. The number of aromatic nitrogens is 1. The molecule has 0 saturated heterocycles. The highest BCUT2D eigenvalue weighted by Gasteiger charge is 2.12. The fourth-order valence-corrected chi connectivity index (χ4v) is 3.99. The smallest absolute Gasteiger partial charge is 0.251 e. The fraction of sp³-hybridized carbons (Fsp3) is 0.111. The Kier molecular flexibility index (Phi) is 6.70. The van der Waals surface area contributed by atoms with E-state index in [1.54, 1.807) is 11.3 Å². The summed E-state index contributed by atoms with van der Waals surface area (Å²) < 4.78 is 0. The van der Waals surface area contributed by atoms with Crippen LogP contribution in [0.5, 0.6) is 0 Å². The summed E-state index contributed by atoms with van der Waals surface area (Å²) in [5.41, 5.74) is 5.90. The summed E-state index contributed by atoms with van der Waals surface area (Å²) in [5, 5.41) is 6.23. The van der Waals surface area contributed by atoms with E-state index in [-0.39, 0.29) is 5.91 Å². The Hall–Kier alpha value is -3.50. The maximum absolute atomic E-state index is 13.0. The van der Waals surface area contributed by atoms with Gasteiger partial charge in [-0.1, -0.05) is 84.9 Å².